The van der Waals surface area contributed by atoms with Gasteiger partial charge in [-0.15, -0.1) is 0 Å². The van der Waals surface area contributed by atoms with Crippen LogP contribution in [0.5, 0.6) is 0 Å². The topological polar surface area (TPSA) is 42.0 Å². The molecule has 4 heteroatoms. The number of nitrogens with zero attached hydrogens (tertiary/aromatic N) is 1. The number of halogens is 1. The van der Waals surface area contributed by atoms with Gasteiger partial charge in [-0.05, 0) is 64.7 Å². The first-order valence-corrected chi connectivity index (χ1v) is 6.81. The maximum atomic E-state index is 12.1. The van der Waals surface area contributed by atoms with E-state index in [9.17, 15) is 4.79 Å². The summed E-state index contributed by atoms with van der Waals surface area (Å²) in [4.78, 5) is 16.1. The highest BCUT2D eigenvalue weighted by Gasteiger charge is 2.09. The number of amides is 1. The average molecular weight is 319 g/mol. The van der Waals surface area contributed by atoms with Gasteiger partial charge in [0.05, 0.1) is 5.56 Å². The van der Waals surface area contributed by atoms with Crippen LogP contribution in [0.4, 0.5) is 0 Å². The lowest BCUT2D eigenvalue weighted by Crippen LogP contribution is -2.23. The minimum Gasteiger partial charge on any atom is -0.348 e. The van der Waals surface area contributed by atoms with E-state index < -0.39 is 0 Å². The summed E-state index contributed by atoms with van der Waals surface area (Å²) in [6, 6.07) is 7.61. The van der Waals surface area contributed by atoms with Crippen molar-refractivity contribution in [1.82, 2.24) is 10.3 Å². The number of carbonyl (C=O) groups excluding carboxylic acids is 1. The third-order valence-corrected chi connectivity index (χ3v) is 3.60. The highest BCUT2D eigenvalue weighted by Crippen LogP contribution is 2.18. The summed E-state index contributed by atoms with van der Waals surface area (Å²) >= 11 is 3.42. The molecule has 0 atom stereocenters. The summed E-state index contributed by atoms with van der Waals surface area (Å²) < 4.78 is 0.816. The first-order chi connectivity index (χ1) is 9.08. The highest BCUT2D eigenvalue weighted by atomic mass is 79.9. The molecule has 0 spiro atoms. The zero-order valence-corrected chi connectivity index (χ0v) is 12.5. The Hall–Kier alpha value is -1.68. The van der Waals surface area contributed by atoms with E-state index in [2.05, 4.69) is 26.2 Å². The van der Waals surface area contributed by atoms with Gasteiger partial charge in [0, 0.05) is 23.4 Å². The molecule has 0 aliphatic rings. The van der Waals surface area contributed by atoms with Gasteiger partial charge in [-0.2, -0.15) is 0 Å². The lowest BCUT2D eigenvalue weighted by molar-refractivity contribution is 0.0950. The summed E-state index contributed by atoms with van der Waals surface area (Å²) in [6.45, 7) is 4.48. The Labute approximate surface area is 121 Å². The third-order valence-electron chi connectivity index (χ3n) is 2.95. The molecule has 0 fully saturated rings. The van der Waals surface area contributed by atoms with Crippen LogP contribution < -0.4 is 5.32 Å². The minimum atomic E-state index is -0.0805. The van der Waals surface area contributed by atoms with Crippen molar-refractivity contribution >= 4 is 21.8 Å². The van der Waals surface area contributed by atoms with Gasteiger partial charge in [-0.25, -0.2) is 0 Å². The second-order valence-corrected chi connectivity index (χ2v) is 5.32. The molecule has 3 nitrogen and oxygen atoms in total. The first kappa shape index (κ1) is 13.7. The van der Waals surface area contributed by atoms with E-state index >= 15 is 0 Å². The molecule has 1 amide bonds. The maximum absolute atomic E-state index is 12.1. The normalized spacial score (nSPS) is 10.3. The number of hydrogen-bond acceptors (Lipinski definition) is 2. The van der Waals surface area contributed by atoms with E-state index in [4.69, 9.17) is 0 Å². The number of carbonyl (C=O) groups is 1. The molecule has 98 valence electrons. The number of pyridine rings is 1. The van der Waals surface area contributed by atoms with Crippen molar-refractivity contribution in [1.29, 1.82) is 0 Å². The monoisotopic (exact) mass is 318 g/mol. The molecule has 0 saturated heterocycles. The second kappa shape index (κ2) is 5.97. The van der Waals surface area contributed by atoms with Crippen LogP contribution in [0, 0.1) is 13.8 Å². The van der Waals surface area contributed by atoms with Crippen LogP contribution >= 0.6 is 15.9 Å². The fourth-order valence-corrected chi connectivity index (χ4v) is 2.45. The summed E-state index contributed by atoms with van der Waals surface area (Å²) in [7, 11) is 0. The molecule has 0 radical (unpaired) electrons. The van der Waals surface area contributed by atoms with Gasteiger partial charge in [-0.3, -0.25) is 9.78 Å². The molecule has 1 heterocycles. The third kappa shape index (κ3) is 3.41. The van der Waals surface area contributed by atoms with E-state index in [1.165, 1.54) is 0 Å². The number of hydrogen-bond donors (Lipinski definition) is 1. The van der Waals surface area contributed by atoms with Gasteiger partial charge in [0.2, 0.25) is 0 Å². The van der Waals surface area contributed by atoms with Gasteiger partial charge < -0.3 is 5.32 Å². The minimum absolute atomic E-state index is 0.0805. The van der Waals surface area contributed by atoms with Crippen LogP contribution in [0.1, 0.15) is 27.0 Å². The number of aryl methyl sites for hydroxylation is 2. The average Bonchev–Trinajstić information content (AvgIpc) is 2.37. The molecule has 1 aromatic heterocycles. The quantitative estimate of drug-likeness (QED) is 0.942. The summed E-state index contributed by atoms with van der Waals surface area (Å²) in [6.07, 6.45) is 3.53. The lowest BCUT2D eigenvalue weighted by Gasteiger charge is -2.09. The Morgan fingerprint density at radius 3 is 2.79 bits per heavy atom. The smallest absolute Gasteiger partial charge is 0.252 e. The summed E-state index contributed by atoms with van der Waals surface area (Å²) in [5, 5.41) is 2.92. The summed E-state index contributed by atoms with van der Waals surface area (Å²) in [5.74, 6) is -0.0805. The number of nitrogens with one attached hydrogen (secondary N) is 1. The molecule has 1 N–H and O–H groups in total. The van der Waals surface area contributed by atoms with E-state index in [1.54, 1.807) is 12.4 Å². The molecule has 2 aromatic rings. The van der Waals surface area contributed by atoms with Gasteiger partial charge in [-0.1, -0.05) is 6.07 Å². The van der Waals surface area contributed by atoms with Crippen LogP contribution in [-0.2, 0) is 6.54 Å². The fraction of sp³-hybridized carbons (Fsp3) is 0.200. The largest absolute Gasteiger partial charge is 0.348 e. The highest BCUT2D eigenvalue weighted by molar-refractivity contribution is 9.10. The van der Waals surface area contributed by atoms with Crippen LogP contribution in [0.15, 0.2) is 41.1 Å². The van der Waals surface area contributed by atoms with Crippen molar-refractivity contribution in [3.05, 3.63) is 63.4 Å². The van der Waals surface area contributed by atoms with E-state index in [0.29, 0.717) is 12.1 Å². The molecule has 0 aliphatic heterocycles. The van der Waals surface area contributed by atoms with E-state index in [0.717, 1.165) is 21.2 Å². The first-order valence-electron chi connectivity index (χ1n) is 6.02. The maximum Gasteiger partial charge on any atom is 0.252 e. The van der Waals surface area contributed by atoms with Crippen molar-refractivity contribution in [2.75, 3.05) is 0 Å². The number of aromatic nitrogens is 1. The molecule has 1 aromatic carbocycles. The van der Waals surface area contributed by atoms with Gasteiger partial charge in [0.1, 0.15) is 0 Å². The van der Waals surface area contributed by atoms with Crippen LogP contribution in [-0.4, -0.2) is 10.9 Å². The van der Waals surface area contributed by atoms with Gasteiger partial charge >= 0.3 is 0 Å². The van der Waals surface area contributed by atoms with Crippen molar-refractivity contribution in [3.8, 4) is 0 Å². The molecule has 0 aliphatic carbocycles. The van der Waals surface area contributed by atoms with Crippen LogP contribution in [0.2, 0.25) is 0 Å². The van der Waals surface area contributed by atoms with Crippen molar-refractivity contribution in [2.45, 2.75) is 20.4 Å². The molecular weight excluding hydrogens is 304 g/mol. The van der Waals surface area contributed by atoms with Gasteiger partial charge in [0.15, 0.2) is 0 Å². The number of benzene rings is 1. The van der Waals surface area contributed by atoms with Crippen molar-refractivity contribution in [3.63, 3.8) is 0 Å². The molecule has 2 rings (SSSR count). The Kier molecular flexibility index (Phi) is 4.32. The predicted molar refractivity (Wildman–Crippen MR) is 79.0 cm³/mol. The Morgan fingerprint density at radius 1 is 1.32 bits per heavy atom. The molecule has 0 unspecified atom stereocenters. The molecule has 0 saturated carbocycles. The zero-order valence-electron chi connectivity index (χ0n) is 10.9. The van der Waals surface area contributed by atoms with E-state index in [-0.39, 0.29) is 5.91 Å². The Morgan fingerprint density at radius 2 is 2.11 bits per heavy atom. The molecule has 19 heavy (non-hydrogen) atoms. The predicted octanol–water partition coefficient (Wildman–Crippen LogP) is 3.39. The zero-order chi connectivity index (χ0) is 13.8. The molecular formula is C15H15BrN2O. The Bertz CT molecular complexity index is 611. The van der Waals surface area contributed by atoms with Gasteiger partial charge in [0.25, 0.3) is 5.91 Å². The lowest BCUT2D eigenvalue weighted by atomic mass is 10.1. The number of rotatable bonds is 3. The van der Waals surface area contributed by atoms with Crippen LogP contribution in [0.3, 0.4) is 0 Å². The van der Waals surface area contributed by atoms with Crippen molar-refractivity contribution < 1.29 is 4.79 Å². The van der Waals surface area contributed by atoms with Crippen LogP contribution in [0.25, 0.3) is 0 Å². The Balaban J connectivity index is 2.08. The van der Waals surface area contributed by atoms with Crippen molar-refractivity contribution in [2.24, 2.45) is 0 Å². The SMILES string of the molecule is Cc1ccc(C(=O)NCc2ccncc2C)c(Br)c1. The second-order valence-electron chi connectivity index (χ2n) is 4.47. The van der Waals surface area contributed by atoms with E-state index in [1.807, 2.05) is 38.1 Å². The molecule has 0 bridgehead atoms. The summed E-state index contributed by atoms with van der Waals surface area (Å²) in [5.41, 5.74) is 3.92. The fourth-order valence-electron chi connectivity index (χ4n) is 1.78. The standard InChI is InChI=1S/C15H15BrN2O/c1-10-3-4-13(14(16)7-10)15(19)18-9-12-5-6-17-8-11(12)2/h3-8H,9H2,1-2H3,(H,18,19).